The second-order valence-corrected chi connectivity index (χ2v) is 2.01. The predicted molar refractivity (Wildman–Crippen MR) is 38.3 cm³/mol. The standard InChI is InChI=1S/C5H8N4O3/c1-9(12-2)4(10)3-6-5(11)8-7-3/h1-2H3,(H2,6,7,8,11). The fourth-order valence-corrected chi connectivity index (χ4v) is 0.603. The van der Waals surface area contributed by atoms with E-state index >= 15 is 0 Å². The molecule has 0 fully saturated rings. The number of aromatic amines is 2. The third-order valence-electron chi connectivity index (χ3n) is 1.26. The summed E-state index contributed by atoms with van der Waals surface area (Å²) in [5, 5.41) is 6.44. The summed E-state index contributed by atoms with van der Waals surface area (Å²) < 4.78 is 0. The molecule has 1 amide bonds. The summed E-state index contributed by atoms with van der Waals surface area (Å²) in [6, 6.07) is 0. The first kappa shape index (κ1) is 8.47. The zero-order valence-electron chi connectivity index (χ0n) is 6.62. The molecule has 1 aromatic heterocycles. The number of amides is 1. The average Bonchev–Trinajstić information content (AvgIpc) is 2.49. The predicted octanol–water partition coefficient (Wildman–Crippen LogP) is -1.27. The summed E-state index contributed by atoms with van der Waals surface area (Å²) in [5.74, 6) is -0.597. The molecule has 0 spiro atoms. The van der Waals surface area contributed by atoms with Crippen LogP contribution < -0.4 is 5.69 Å². The number of nitrogens with one attached hydrogen (secondary N) is 2. The molecule has 0 atom stereocenters. The maximum absolute atomic E-state index is 11.1. The molecule has 66 valence electrons. The first-order chi connectivity index (χ1) is 5.65. The van der Waals surface area contributed by atoms with Gasteiger partial charge in [-0.25, -0.2) is 15.0 Å². The van der Waals surface area contributed by atoms with Gasteiger partial charge in [-0.05, 0) is 0 Å². The Labute approximate surface area is 67.3 Å². The summed E-state index contributed by atoms with van der Waals surface area (Å²) in [4.78, 5) is 28.4. The molecule has 1 aromatic rings. The van der Waals surface area contributed by atoms with Crippen LogP contribution in [0.2, 0.25) is 0 Å². The molecule has 0 bridgehead atoms. The van der Waals surface area contributed by atoms with Gasteiger partial charge in [0.05, 0.1) is 7.11 Å². The van der Waals surface area contributed by atoms with Crippen molar-refractivity contribution in [2.24, 2.45) is 0 Å². The number of carbonyl (C=O) groups excluding carboxylic acids is 1. The molecular weight excluding hydrogens is 164 g/mol. The Morgan fingerprint density at radius 1 is 1.67 bits per heavy atom. The number of hydroxylamine groups is 2. The highest BCUT2D eigenvalue weighted by molar-refractivity contribution is 5.89. The van der Waals surface area contributed by atoms with E-state index in [-0.39, 0.29) is 5.82 Å². The Bertz CT molecular complexity index is 327. The van der Waals surface area contributed by atoms with Crippen LogP contribution >= 0.6 is 0 Å². The Kier molecular flexibility index (Phi) is 2.24. The summed E-state index contributed by atoms with van der Waals surface area (Å²) in [6.07, 6.45) is 0. The van der Waals surface area contributed by atoms with Crippen molar-refractivity contribution < 1.29 is 9.63 Å². The van der Waals surface area contributed by atoms with Crippen molar-refractivity contribution in [3.05, 3.63) is 16.3 Å². The second kappa shape index (κ2) is 3.18. The van der Waals surface area contributed by atoms with Gasteiger partial charge in [-0.15, -0.1) is 5.10 Å². The van der Waals surface area contributed by atoms with E-state index in [1.54, 1.807) is 0 Å². The van der Waals surface area contributed by atoms with Gasteiger partial charge in [0.25, 0.3) is 0 Å². The Morgan fingerprint density at radius 3 is 2.75 bits per heavy atom. The minimum absolute atomic E-state index is 0.0793. The molecule has 0 aliphatic carbocycles. The third kappa shape index (κ3) is 1.51. The van der Waals surface area contributed by atoms with E-state index < -0.39 is 11.6 Å². The lowest BCUT2D eigenvalue weighted by Crippen LogP contribution is -2.26. The van der Waals surface area contributed by atoms with Crippen LogP contribution in [0.3, 0.4) is 0 Å². The van der Waals surface area contributed by atoms with Crippen LogP contribution in [0.5, 0.6) is 0 Å². The molecule has 1 rings (SSSR count). The molecule has 0 saturated carbocycles. The lowest BCUT2D eigenvalue weighted by molar-refractivity contribution is -0.0764. The number of H-pyrrole nitrogens is 2. The van der Waals surface area contributed by atoms with E-state index in [9.17, 15) is 9.59 Å². The lowest BCUT2D eigenvalue weighted by atomic mass is 10.6. The van der Waals surface area contributed by atoms with Crippen LogP contribution in [0.1, 0.15) is 10.6 Å². The summed E-state index contributed by atoms with van der Waals surface area (Å²) in [5.41, 5.74) is -0.525. The quantitative estimate of drug-likeness (QED) is 0.544. The van der Waals surface area contributed by atoms with Gasteiger partial charge in [0.2, 0.25) is 5.82 Å². The van der Waals surface area contributed by atoms with Crippen molar-refractivity contribution in [3.63, 3.8) is 0 Å². The molecule has 12 heavy (non-hydrogen) atoms. The van der Waals surface area contributed by atoms with E-state index in [1.165, 1.54) is 14.2 Å². The largest absolute Gasteiger partial charge is 0.341 e. The highest BCUT2D eigenvalue weighted by Crippen LogP contribution is 1.91. The Morgan fingerprint density at radius 2 is 2.33 bits per heavy atom. The van der Waals surface area contributed by atoms with E-state index in [0.29, 0.717) is 0 Å². The van der Waals surface area contributed by atoms with Crippen LogP contribution in [0.25, 0.3) is 0 Å². The fraction of sp³-hybridized carbons (Fsp3) is 0.400. The van der Waals surface area contributed by atoms with Gasteiger partial charge in [0.1, 0.15) is 0 Å². The first-order valence-electron chi connectivity index (χ1n) is 3.12. The van der Waals surface area contributed by atoms with Gasteiger partial charge in [-0.2, -0.15) is 0 Å². The number of rotatable bonds is 2. The van der Waals surface area contributed by atoms with Crippen LogP contribution in [0.4, 0.5) is 0 Å². The fourth-order valence-electron chi connectivity index (χ4n) is 0.603. The highest BCUT2D eigenvalue weighted by atomic mass is 16.7. The highest BCUT2D eigenvalue weighted by Gasteiger charge is 2.14. The maximum atomic E-state index is 11.1. The lowest BCUT2D eigenvalue weighted by Gasteiger charge is -2.10. The SMILES string of the molecule is CON(C)C(=O)c1n[nH]c(=O)[nH]1. The van der Waals surface area contributed by atoms with Gasteiger partial charge < -0.3 is 0 Å². The maximum Gasteiger partial charge on any atom is 0.341 e. The topological polar surface area (TPSA) is 91.1 Å². The van der Waals surface area contributed by atoms with Crippen molar-refractivity contribution in [1.82, 2.24) is 20.2 Å². The van der Waals surface area contributed by atoms with Crippen LogP contribution in [0.15, 0.2) is 4.79 Å². The van der Waals surface area contributed by atoms with E-state index in [0.717, 1.165) is 5.06 Å². The number of carbonyl (C=O) groups is 1. The monoisotopic (exact) mass is 172 g/mol. The van der Waals surface area contributed by atoms with Crippen LogP contribution in [-0.2, 0) is 4.84 Å². The van der Waals surface area contributed by atoms with Gasteiger partial charge >= 0.3 is 11.6 Å². The van der Waals surface area contributed by atoms with Gasteiger partial charge in [-0.3, -0.25) is 14.6 Å². The zero-order chi connectivity index (χ0) is 9.14. The zero-order valence-corrected chi connectivity index (χ0v) is 6.62. The molecule has 7 nitrogen and oxygen atoms in total. The molecule has 0 radical (unpaired) electrons. The molecule has 0 unspecified atom stereocenters. The summed E-state index contributed by atoms with van der Waals surface area (Å²) >= 11 is 0. The number of aromatic nitrogens is 3. The van der Waals surface area contributed by atoms with Crippen molar-refractivity contribution >= 4 is 5.91 Å². The third-order valence-corrected chi connectivity index (χ3v) is 1.26. The van der Waals surface area contributed by atoms with Crippen molar-refractivity contribution in [2.45, 2.75) is 0 Å². The number of nitrogens with zero attached hydrogens (tertiary/aromatic N) is 2. The van der Waals surface area contributed by atoms with Crippen LogP contribution in [0, 0.1) is 0 Å². The summed E-state index contributed by atoms with van der Waals surface area (Å²) in [7, 11) is 2.75. The molecule has 0 aromatic carbocycles. The Balaban J connectivity index is 2.85. The van der Waals surface area contributed by atoms with Gasteiger partial charge in [0, 0.05) is 7.05 Å². The van der Waals surface area contributed by atoms with E-state index in [2.05, 4.69) is 20.0 Å². The van der Waals surface area contributed by atoms with Gasteiger partial charge in [-0.1, -0.05) is 0 Å². The first-order valence-corrected chi connectivity index (χ1v) is 3.12. The minimum atomic E-state index is -0.525. The molecular formula is C5H8N4O3. The van der Waals surface area contributed by atoms with Gasteiger partial charge in [0.15, 0.2) is 0 Å². The summed E-state index contributed by atoms with van der Waals surface area (Å²) in [6.45, 7) is 0. The molecule has 0 saturated heterocycles. The van der Waals surface area contributed by atoms with Crippen molar-refractivity contribution in [1.29, 1.82) is 0 Å². The smallest absolute Gasteiger partial charge is 0.285 e. The van der Waals surface area contributed by atoms with Crippen molar-refractivity contribution in [3.8, 4) is 0 Å². The van der Waals surface area contributed by atoms with E-state index in [4.69, 9.17) is 0 Å². The number of hydrogen-bond donors (Lipinski definition) is 2. The normalized spacial score (nSPS) is 9.83. The molecule has 0 aliphatic heterocycles. The van der Waals surface area contributed by atoms with Crippen molar-refractivity contribution in [2.75, 3.05) is 14.2 Å². The number of hydrogen-bond acceptors (Lipinski definition) is 4. The minimum Gasteiger partial charge on any atom is -0.285 e. The molecule has 2 N–H and O–H groups in total. The molecule has 1 heterocycles. The second-order valence-electron chi connectivity index (χ2n) is 2.01. The van der Waals surface area contributed by atoms with Crippen LogP contribution in [-0.4, -0.2) is 40.3 Å². The molecule has 0 aliphatic rings. The Hall–Kier alpha value is -1.63. The van der Waals surface area contributed by atoms with E-state index in [1.807, 2.05) is 0 Å². The molecule has 7 heteroatoms. The average molecular weight is 172 g/mol.